The van der Waals surface area contributed by atoms with Gasteiger partial charge in [0.15, 0.2) is 11.6 Å². The molecule has 1 amide bonds. The molecule has 0 aliphatic heterocycles. The van der Waals surface area contributed by atoms with E-state index in [9.17, 15) is 9.59 Å². The van der Waals surface area contributed by atoms with Gasteiger partial charge in [-0.25, -0.2) is 9.78 Å². The zero-order valence-corrected chi connectivity index (χ0v) is 19.2. The molecule has 1 N–H and O–H groups in total. The number of nitrogens with one attached hydrogen (secondary N) is 1. The number of anilines is 1. The van der Waals surface area contributed by atoms with Crippen LogP contribution in [-0.2, 0) is 16.0 Å². The highest BCUT2D eigenvalue weighted by molar-refractivity contribution is 9.10. The summed E-state index contributed by atoms with van der Waals surface area (Å²) in [5.74, 6) is -0.115. The highest BCUT2D eigenvalue weighted by Crippen LogP contribution is 2.25. The molecule has 0 aliphatic rings. The Labute approximate surface area is 193 Å². The summed E-state index contributed by atoms with van der Waals surface area (Å²) in [6.07, 6.45) is 1.53. The summed E-state index contributed by atoms with van der Waals surface area (Å²) >= 11 is 3.39. The summed E-state index contributed by atoms with van der Waals surface area (Å²) in [5.41, 5.74) is 2.81. The van der Waals surface area contributed by atoms with Gasteiger partial charge in [0.2, 0.25) is 5.91 Å². The van der Waals surface area contributed by atoms with Crippen molar-refractivity contribution in [2.75, 3.05) is 11.9 Å². The monoisotopic (exact) mass is 492 g/mol. The van der Waals surface area contributed by atoms with E-state index in [2.05, 4.69) is 31.3 Å². The Morgan fingerprint density at radius 1 is 1.12 bits per heavy atom. The first-order valence-corrected chi connectivity index (χ1v) is 10.9. The number of hydrogen-bond donors (Lipinski definition) is 1. The molecule has 2 heterocycles. The van der Waals surface area contributed by atoms with Crippen molar-refractivity contribution in [3.8, 4) is 5.82 Å². The number of para-hydroxylation sites is 1. The molecular formula is C24H21BrN4O3. The maximum absolute atomic E-state index is 12.8. The second-order valence-electron chi connectivity index (χ2n) is 7.21. The molecule has 0 bridgehead atoms. The van der Waals surface area contributed by atoms with Crippen LogP contribution in [0, 0.1) is 6.92 Å². The van der Waals surface area contributed by atoms with Gasteiger partial charge in [-0.15, -0.1) is 0 Å². The number of halogens is 1. The SMILES string of the molecule is CCOC(=O)c1cnn(-c2cc(C)c3ccccc3n2)c1NC(=O)Cc1ccc(Br)cc1. The van der Waals surface area contributed by atoms with Gasteiger partial charge in [-0.3, -0.25) is 4.79 Å². The third-order valence-corrected chi connectivity index (χ3v) is 5.46. The van der Waals surface area contributed by atoms with Crippen molar-refractivity contribution >= 4 is 44.5 Å². The largest absolute Gasteiger partial charge is 0.462 e. The lowest BCUT2D eigenvalue weighted by molar-refractivity contribution is -0.115. The number of rotatable bonds is 6. The molecule has 162 valence electrons. The second-order valence-corrected chi connectivity index (χ2v) is 8.12. The molecule has 0 radical (unpaired) electrons. The van der Waals surface area contributed by atoms with Gasteiger partial charge in [-0.2, -0.15) is 9.78 Å². The van der Waals surface area contributed by atoms with E-state index in [1.807, 2.05) is 61.5 Å². The van der Waals surface area contributed by atoms with Gasteiger partial charge in [0.25, 0.3) is 0 Å². The Hall–Kier alpha value is -3.52. The molecule has 7 nitrogen and oxygen atoms in total. The number of aromatic nitrogens is 3. The summed E-state index contributed by atoms with van der Waals surface area (Å²) in [5, 5.41) is 8.20. The predicted molar refractivity (Wildman–Crippen MR) is 126 cm³/mol. The van der Waals surface area contributed by atoms with Crippen molar-refractivity contribution in [1.82, 2.24) is 14.8 Å². The number of pyridine rings is 1. The molecule has 4 rings (SSSR count). The average Bonchev–Trinajstić information content (AvgIpc) is 3.19. The third-order valence-electron chi connectivity index (χ3n) is 4.93. The van der Waals surface area contributed by atoms with Gasteiger partial charge >= 0.3 is 5.97 Å². The molecule has 0 saturated carbocycles. The number of carbonyl (C=O) groups excluding carboxylic acids is 2. The van der Waals surface area contributed by atoms with E-state index in [1.165, 1.54) is 10.9 Å². The summed E-state index contributed by atoms with van der Waals surface area (Å²) in [7, 11) is 0. The van der Waals surface area contributed by atoms with Crippen LogP contribution in [0.25, 0.3) is 16.7 Å². The van der Waals surface area contributed by atoms with E-state index < -0.39 is 5.97 Å². The number of benzene rings is 2. The zero-order chi connectivity index (χ0) is 22.7. The van der Waals surface area contributed by atoms with Crippen LogP contribution in [0.5, 0.6) is 0 Å². The number of fused-ring (bicyclic) bond motifs is 1. The molecule has 0 unspecified atom stereocenters. The Morgan fingerprint density at radius 2 is 1.88 bits per heavy atom. The van der Waals surface area contributed by atoms with Gasteiger partial charge in [-0.05, 0) is 49.2 Å². The first-order valence-electron chi connectivity index (χ1n) is 10.1. The minimum absolute atomic E-state index is 0.144. The lowest BCUT2D eigenvalue weighted by Crippen LogP contribution is -2.20. The van der Waals surface area contributed by atoms with Gasteiger partial charge in [0.05, 0.1) is 24.7 Å². The molecular weight excluding hydrogens is 472 g/mol. The normalized spacial score (nSPS) is 10.8. The van der Waals surface area contributed by atoms with Crippen LogP contribution in [0.2, 0.25) is 0 Å². The van der Waals surface area contributed by atoms with Gasteiger partial charge < -0.3 is 10.1 Å². The molecule has 8 heteroatoms. The van der Waals surface area contributed by atoms with Gasteiger partial charge in [0.1, 0.15) is 5.56 Å². The summed E-state index contributed by atoms with van der Waals surface area (Å²) in [4.78, 5) is 30.0. The van der Waals surface area contributed by atoms with Crippen molar-refractivity contribution in [2.24, 2.45) is 0 Å². The minimum Gasteiger partial charge on any atom is -0.462 e. The van der Waals surface area contributed by atoms with E-state index >= 15 is 0 Å². The average molecular weight is 493 g/mol. The Balaban J connectivity index is 1.72. The van der Waals surface area contributed by atoms with Crippen molar-refractivity contribution in [3.05, 3.63) is 82.0 Å². The van der Waals surface area contributed by atoms with Gasteiger partial charge in [0, 0.05) is 9.86 Å². The topological polar surface area (TPSA) is 86.1 Å². The van der Waals surface area contributed by atoms with E-state index in [1.54, 1.807) is 6.92 Å². The van der Waals surface area contributed by atoms with Crippen LogP contribution in [0.3, 0.4) is 0 Å². The number of esters is 1. The van der Waals surface area contributed by atoms with Crippen LogP contribution >= 0.6 is 15.9 Å². The number of nitrogens with zero attached hydrogens (tertiary/aromatic N) is 3. The van der Waals surface area contributed by atoms with Crippen molar-refractivity contribution in [2.45, 2.75) is 20.3 Å². The molecule has 4 aromatic rings. The number of aryl methyl sites for hydroxylation is 1. The second kappa shape index (κ2) is 9.32. The smallest absolute Gasteiger partial charge is 0.343 e. The van der Waals surface area contributed by atoms with Crippen LogP contribution in [0.1, 0.15) is 28.4 Å². The fraction of sp³-hybridized carbons (Fsp3) is 0.167. The Bertz CT molecular complexity index is 1300. The van der Waals surface area contributed by atoms with Crippen LogP contribution in [0.15, 0.2) is 65.3 Å². The van der Waals surface area contributed by atoms with Crippen LogP contribution < -0.4 is 5.32 Å². The lowest BCUT2D eigenvalue weighted by atomic mass is 10.1. The molecule has 0 saturated heterocycles. The number of ether oxygens (including phenoxy) is 1. The first-order chi connectivity index (χ1) is 15.5. The fourth-order valence-electron chi connectivity index (χ4n) is 3.40. The van der Waals surface area contributed by atoms with E-state index in [0.29, 0.717) is 5.82 Å². The molecule has 0 aliphatic carbocycles. The number of hydrogen-bond acceptors (Lipinski definition) is 5. The summed E-state index contributed by atoms with van der Waals surface area (Å²) < 4.78 is 7.55. The molecule has 32 heavy (non-hydrogen) atoms. The third kappa shape index (κ3) is 4.55. The lowest BCUT2D eigenvalue weighted by Gasteiger charge is -2.12. The van der Waals surface area contributed by atoms with Crippen LogP contribution in [-0.4, -0.2) is 33.2 Å². The van der Waals surface area contributed by atoms with Crippen LogP contribution in [0.4, 0.5) is 5.82 Å². The Kier molecular flexibility index (Phi) is 6.32. The van der Waals surface area contributed by atoms with E-state index in [0.717, 1.165) is 26.5 Å². The van der Waals surface area contributed by atoms with Crippen molar-refractivity contribution < 1.29 is 14.3 Å². The quantitative estimate of drug-likeness (QED) is 0.388. The predicted octanol–water partition coefficient (Wildman–Crippen LogP) is 4.85. The van der Waals surface area contributed by atoms with E-state index in [4.69, 9.17) is 4.74 Å². The maximum Gasteiger partial charge on any atom is 0.343 e. The van der Waals surface area contributed by atoms with Crippen molar-refractivity contribution in [3.63, 3.8) is 0 Å². The van der Waals surface area contributed by atoms with E-state index in [-0.39, 0.29) is 30.3 Å². The molecule has 0 spiro atoms. The molecule has 2 aromatic carbocycles. The minimum atomic E-state index is -0.560. The highest BCUT2D eigenvalue weighted by atomic mass is 79.9. The number of carbonyl (C=O) groups is 2. The standard InChI is InChI=1S/C24H21BrN4O3/c1-3-32-24(31)19-14-26-29(21-12-15(2)18-6-4-5-7-20(18)27-21)23(19)28-22(30)13-16-8-10-17(25)11-9-16/h4-12,14H,3,13H2,1-2H3,(H,28,30). The maximum atomic E-state index is 12.8. The Morgan fingerprint density at radius 3 is 2.62 bits per heavy atom. The highest BCUT2D eigenvalue weighted by Gasteiger charge is 2.22. The van der Waals surface area contributed by atoms with Gasteiger partial charge in [-0.1, -0.05) is 46.3 Å². The summed E-state index contributed by atoms with van der Waals surface area (Å²) in [6.45, 7) is 3.92. The molecule has 2 aromatic heterocycles. The zero-order valence-electron chi connectivity index (χ0n) is 17.6. The van der Waals surface area contributed by atoms with Crippen molar-refractivity contribution in [1.29, 1.82) is 0 Å². The first kappa shape index (κ1) is 21.7. The summed E-state index contributed by atoms with van der Waals surface area (Å²) in [6, 6.07) is 17.1. The molecule has 0 atom stereocenters. The fourth-order valence-corrected chi connectivity index (χ4v) is 3.67. The number of amides is 1. The molecule has 0 fully saturated rings.